The summed E-state index contributed by atoms with van der Waals surface area (Å²) in [6.07, 6.45) is 3.87. The van der Waals surface area contributed by atoms with Crippen molar-refractivity contribution in [1.29, 1.82) is 0 Å². The summed E-state index contributed by atoms with van der Waals surface area (Å²) in [5, 5.41) is 3.05. The van der Waals surface area contributed by atoms with Gasteiger partial charge in [-0.1, -0.05) is 13.8 Å². The Morgan fingerprint density at radius 3 is 2.70 bits per heavy atom. The first-order chi connectivity index (χ1) is 8.98. The summed E-state index contributed by atoms with van der Waals surface area (Å²) in [5.41, 5.74) is 5.45. The Morgan fingerprint density at radius 2 is 2.20 bits per heavy atom. The molecule has 1 aliphatic heterocycles. The molecule has 1 amide bonds. The fourth-order valence-corrected chi connectivity index (χ4v) is 2.91. The fourth-order valence-electron chi connectivity index (χ4n) is 2.01. The van der Waals surface area contributed by atoms with Gasteiger partial charge in [-0.05, 0) is 32.1 Å². The standard InChI is InChI=1S/C14H28N2O2S.ClH/c1-11(2)14(3,10-15)16-13(17)9-19-8-12-6-4-5-7-18-12;/h11-12H,4-10,15H2,1-3H3,(H,16,17);1H. The molecular formula is C14H29ClN2O2S. The van der Waals surface area contributed by atoms with Crippen molar-refractivity contribution in [3.05, 3.63) is 0 Å². The first-order valence-electron chi connectivity index (χ1n) is 7.18. The van der Waals surface area contributed by atoms with E-state index >= 15 is 0 Å². The number of carbonyl (C=O) groups is 1. The van der Waals surface area contributed by atoms with E-state index in [0.29, 0.717) is 24.3 Å². The van der Waals surface area contributed by atoms with E-state index in [1.807, 2.05) is 6.92 Å². The van der Waals surface area contributed by atoms with Gasteiger partial charge in [0.05, 0.1) is 17.4 Å². The van der Waals surface area contributed by atoms with Gasteiger partial charge in [0, 0.05) is 18.9 Å². The van der Waals surface area contributed by atoms with Crippen LogP contribution in [0.15, 0.2) is 0 Å². The molecule has 1 heterocycles. The molecule has 0 aliphatic carbocycles. The van der Waals surface area contributed by atoms with Crippen LogP contribution in [0.4, 0.5) is 0 Å². The second-order valence-corrected chi connectivity index (χ2v) is 6.86. The Bertz CT molecular complexity index is 286. The van der Waals surface area contributed by atoms with Crippen LogP contribution in [-0.2, 0) is 9.53 Å². The molecule has 6 heteroatoms. The first-order valence-corrected chi connectivity index (χ1v) is 8.34. The van der Waals surface area contributed by atoms with Gasteiger partial charge in [-0.2, -0.15) is 0 Å². The molecule has 120 valence electrons. The minimum absolute atomic E-state index is 0. The molecule has 0 bridgehead atoms. The van der Waals surface area contributed by atoms with Gasteiger partial charge in [-0.25, -0.2) is 0 Å². The van der Waals surface area contributed by atoms with E-state index in [1.165, 1.54) is 12.8 Å². The van der Waals surface area contributed by atoms with Gasteiger partial charge < -0.3 is 15.8 Å². The van der Waals surface area contributed by atoms with Crippen LogP contribution < -0.4 is 11.1 Å². The largest absolute Gasteiger partial charge is 0.377 e. The smallest absolute Gasteiger partial charge is 0.230 e. The molecule has 1 aliphatic rings. The van der Waals surface area contributed by atoms with Crippen molar-refractivity contribution in [2.45, 2.75) is 51.7 Å². The molecule has 0 aromatic rings. The molecule has 2 unspecified atom stereocenters. The van der Waals surface area contributed by atoms with Crippen molar-refractivity contribution in [1.82, 2.24) is 5.32 Å². The van der Waals surface area contributed by atoms with Crippen molar-refractivity contribution in [2.75, 3.05) is 24.7 Å². The minimum atomic E-state index is -0.307. The van der Waals surface area contributed by atoms with Gasteiger partial charge in [0.1, 0.15) is 0 Å². The van der Waals surface area contributed by atoms with Crippen LogP contribution in [0.1, 0.15) is 40.0 Å². The Labute approximate surface area is 133 Å². The van der Waals surface area contributed by atoms with E-state index in [0.717, 1.165) is 18.8 Å². The number of amides is 1. The Balaban J connectivity index is 0.00000361. The van der Waals surface area contributed by atoms with Gasteiger partial charge in [-0.3, -0.25) is 4.79 Å². The Kier molecular flexibility index (Phi) is 9.89. The number of thioether (sulfide) groups is 1. The number of ether oxygens (including phenoxy) is 1. The highest BCUT2D eigenvalue weighted by molar-refractivity contribution is 7.99. The second kappa shape index (κ2) is 9.87. The minimum Gasteiger partial charge on any atom is -0.377 e. The maximum Gasteiger partial charge on any atom is 0.230 e. The van der Waals surface area contributed by atoms with Crippen molar-refractivity contribution in [3.63, 3.8) is 0 Å². The van der Waals surface area contributed by atoms with Crippen LogP contribution in [0.3, 0.4) is 0 Å². The molecule has 1 fully saturated rings. The molecule has 4 nitrogen and oxygen atoms in total. The lowest BCUT2D eigenvalue weighted by atomic mass is 9.88. The highest BCUT2D eigenvalue weighted by Gasteiger charge is 2.28. The van der Waals surface area contributed by atoms with E-state index in [1.54, 1.807) is 11.8 Å². The molecule has 0 radical (unpaired) electrons. The van der Waals surface area contributed by atoms with Crippen LogP contribution in [0.5, 0.6) is 0 Å². The summed E-state index contributed by atoms with van der Waals surface area (Å²) in [6.45, 7) is 7.50. The molecule has 20 heavy (non-hydrogen) atoms. The Hall–Kier alpha value is 0.0300. The molecule has 2 atom stereocenters. The molecule has 0 aromatic heterocycles. The molecular weight excluding hydrogens is 296 g/mol. The Morgan fingerprint density at radius 1 is 1.50 bits per heavy atom. The molecule has 3 N–H and O–H groups in total. The average molecular weight is 325 g/mol. The van der Waals surface area contributed by atoms with Crippen LogP contribution in [-0.4, -0.2) is 42.2 Å². The van der Waals surface area contributed by atoms with Crippen LogP contribution >= 0.6 is 24.2 Å². The number of halogens is 1. The predicted octanol–water partition coefficient (Wildman–Crippen LogP) is 2.20. The lowest BCUT2D eigenvalue weighted by Crippen LogP contribution is -2.55. The molecule has 1 rings (SSSR count). The van der Waals surface area contributed by atoms with E-state index in [2.05, 4.69) is 19.2 Å². The quantitative estimate of drug-likeness (QED) is 0.753. The van der Waals surface area contributed by atoms with E-state index < -0.39 is 0 Å². The molecule has 0 spiro atoms. The molecule has 0 aromatic carbocycles. The van der Waals surface area contributed by atoms with E-state index in [-0.39, 0.29) is 23.9 Å². The summed E-state index contributed by atoms with van der Waals surface area (Å²) >= 11 is 1.65. The number of hydrogen-bond donors (Lipinski definition) is 2. The maximum absolute atomic E-state index is 11.9. The van der Waals surface area contributed by atoms with Gasteiger partial charge in [-0.15, -0.1) is 24.2 Å². The third-order valence-electron chi connectivity index (χ3n) is 3.93. The van der Waals surface area contributed by atoms with Crippen LogP contribution in [0.25, 0.3) is 0 Å². The summed E-state index contributed by atoms with van der Waals surface area (Å²) in [6, 6.07) is 0. The lowest BCUT2D eigenvalue weighted by Gasteiger charge is -2.33. The maximum atomic E-state index is 11.9. The molecule has 0 saturated carbocycles. The van der Waals surface area contributed by atoms with E-state index in [4.69, 9.17) is 10.5 Å². The monoisotopic (exact) mass is 324 g/mol. The van der Waals surface area contributed by atoms with Crippen molar-refractivity contribution in [2.24, 2.45) is 11.7 Å². The second-order valence-electron chi connectivity index (χ2n) is 5.83. The average Bonchev–Trinajstić information content (AvgIpc) is 2.39. The number of nitrogens with one attached hydrogen (secondary N) is 1. The third-order valence-corrected chi connectivity index (χ3v) is 5.01. The SMILES string of the molecule is CC(C)C(C)(CN)NC(=O)CSCC1CCCCO1.Cl. The summed E-state index contributed by atoms with van der Waals surface area (Å²) in [4.78, 5) is 11.9. The zero-order valence-corrected chi connectivity index (χ0v) is 14.4. The predicted molar refractivity (Wildman–Crippen MR) is 88.6 cm³/mol. The number of rotatable bonds is 7. The van der Waals surface area contributed by atoms with E-state index in [9.17, 15) is 4.79 Å². The zero-order valence-electron chi connectivity index (χ0n) is 12.8. The number of hydrogen-bond acceptors (Lipinski definition) is 4. The zero-order chi connectivity index (χ0) is 14.3. The van der Waals surface area contributed by atoms with Gasteiger partial charge in [0.2, 0.25) is 5.91 Å². The third kappa shape index (κ3) is 6.66. The topological polar surface area (TPSA) is 64.3 Å². The number of nitrogens with two attached hydrogens (primary N) is 1. The summed E-state index contributed by atoms with van der Waals surface area (Å²) in [5.74, 6) is 1.80. The normalized spacial score (nSPS) is 21.9. The first kappa shape index (κ1) is 20.0. The molecule has 1 saturated heterocycles. The van der Waals surface area contributed by atoms with Gasteiger partial charge in [0.25, 0.3) is 0 Å². The highest BCUT2D eigenvalue weighted by Crippen LogP contribution is 2.18. The van der Waals surface area contributed by atoms with Crippen LogP contribution in [0, 0.1) is 5.92 Å². The highest BCUT2D eigenvalue weighted by atomic mass is 35.5. The fraction of sp³-hybridized carbons (Fsp3) is 0.929. The van der Waals surface area contributed by atoms with Crippen molar-refractivity contribution >= 4 is 30.1 Å². The van der Waals surface area contributed by atoms with Crippen LogP contribution in [0.2, 0.25) is 0 Å². The van der Waals surface area contributed by atoms with Crippen molar-refractivity contribution < 1.29 is 9.53 Å². The lowest BCUT2D eigenvalue weighted by molar-refractivity contribution is -0.120. The van der Waals surface area contributed by atoms with Crippen molar-refractivity contribution in [3.8, 4) is 0 Å². The summed E-state index contributed by atoms with van der Waals surface area (Å²) < 4.78 is 5.65. The summed E-state index contributed by atoms with van der Waals surface area (Å²) in [7, 11) is 0. The van der Waals surface area contributed by atoms with Gasteiger partial charge >= 0.3 is 0 Å². The van der Waals surface area contributed by atoms with Gasteiger partial charge in [0.15, 0.2) is 0 Å². The number of carbonyl (C=O) groups excluding carboxylic acids is 1.